The maximum absolute atomic E-state index is 13.5. The molecule has 6 heteroatoms. The van der Waals surface area contributed by atoms with E-state index in [4.69, 9.17) is 4.42 Å². The van der Waals surface area contributed by atoms with Crippen LogP contribution in [0.25, 0.3) is 11.0 Å². The highest BCUT2D eigenvalue weighted by atomic mass is 16.3. The first kappa shape index (κ1) is 19.2. The van der Waals surface area contributed by atoms with Gasteiger partial charge in [-0.3, -0.25) is 14.6 Å². The molecule has 1 fully saturated rings. The van der Waals surface area contributed by atoms with E-state index in [2.05, 4.69) is 10.3 Å². The molecule has 1 aliphatic heterocycles. The molecule has 1 N–H and O–H groups in total. The number of pyridine rings is 1. The Morgan fingerprint density at radius 1 is 1.21 bits per heavy atom. The van der Waals surface area contributed by atoms with Gasteiger partial charge in [0.05, 0.1) is 12.2 Å². The molecule has 0 unspecified atom stereocenters. The van der Waals surface area contributed by atoms with Gasteiger partial charge in [0.15, 0.2) is 5.76 Å². The van der Waals surface area contributed by atoms with Gasteiger partial charge in [0.2, 0.25) is 5.91 Å². The number of furan rings is 1. The minimum absolute atomic E-state index is 0.0336. The number of benzene rings is 1. The van der Waals surface area contributed by atoms with E-state index in [0.29, 0.717) is 25.3 Å². The monoisotopic (exact) mass is 391 g/mol. The number of amides is 2. The van der Waals surface area contributed by atoms with Gasteiger partial charge in [0, 0.05) is 36.2 Å². The largest absolute Gasteiger partial charge is 0.450 e. The number of aryl methyl sites for hydroxylation is 3. The topological polar surface area (TPSA) is 75.4 Å². The van der Waals surface area contributed by atoms with Crippen LogP contribution in [0.3, 0.4) is 0 Å². The van der Waals surface area contributed by atoms with Crippen molar-refractivity contribution in [3.8, 4) is 0 Å². The first-order valence-electron chi connectivity index (χ1n) is 9.92. The predicted octanol–water partition coefficient (Wildman–Crippen LogP) is 3.67. The number of carbonyl (C=O) groups is 2. The maximum Gasteiger partial charge on any atom is 0.290 e. The molecule has 3 heterocycles. The second-order valence-corrected chi connectivity index (χ2v) is 7.75. The summed E-state index contributed by atoms with van der Waals surface area (Å²) in [5.41, 5.74) is 4.58. The molecule has 1 aromatic carbocycles. The van der Waals surface area contributed by atoms with Crippen molar-refractivity contribution in [2.75, 3.05) is 6.54 Å². The Morgan fingerprint density at radius 3 is 2.72 bits per heavy atom. The van der Waals surface area contributed by atoms with Crippen LogP contribution in [0.5, 0.6) is 0 Å². The highest BCUT2D eigenvalue weighted by Gasteiger charge is 2.29. The second-order valence-electron chi connectivity index (χ2n) is 7.75. The average Bonchev–Trinajstić information content (AvgIpc) is 3.28. The van der Waals surface area contributed by atoms with Crippen molar-refractivity contribution in [1.29, 1.82) is 0 Å². The zero-order valence-corrected chi connectivity index (χ0v) is 17.0. The number of hydrogen-bond donors (Lipinski definition) is 1. The molecule has 0 radical (unpaired) electrons. The molecular weight excluding hydrogens is 366 g/mol. The van der Waals surface area contributed by atoms with Gasteiger partial charge < -0.3 is 14.6 Å². The number of nitrogens with one attached hydrogen (secondary N) is 1. The van der Waals surface area contributed by atoms with Crippen molar-refractivity contribution in [2.45, 2.75) is 46.2 Å². The predicted molar refractivity (Wildman–Crippen MR) is 111 cm³/mol. The lowest BCUT2D eigenvalue weighted by atomic mass is 10.0. The van der Waals surface area contributed by atoms with Crippen molar-refractivity contribution in [2.24, 2.45) is 0 Å². The van der Waals surface area contributed by atoms with E-state index in [1.165, 1.54) is 0 Å². The Labute approximate surface area is 169 Å². The molecule has 1 aliphatic rings. The van der Waals surface area contributed by atoms with Crippen LogP contribution in [-0.2, 0) is 11.3 Å². The fourth-order valence-electron chi connectivity index (χ4n) is 3.85. The van der Waals surface area contributed by atoms with Gasteiger partial charge in [-0.2, -0.15) is 0 Å². The molecular formula is C23H25N3O3. The van der Waals surface area contributed by atoms with Gasteiger partial charge in [0.1, 0.15) is 5.58 Å². The molecule has 2 amide bonds. The molecule has 1 saturated heterocycles. The Bertz CT molecular complexity index is 1070. The third-order valence-corrected chi connectivity index (χ3v) is 5.71. The van der Waals surface area contributed by atoms with Gasteiger partial charge in [-0.15, -0.1) is 0 Å². The van der Waals surface area contributed by atoms with Crippen molar-refractivity contribution < 1.29 is 14.0 Å². The summed E-state index contributed by atoms with van der Waals surface area (Å²) in [6.45, 7) is 6.75. The minimum Gasteiger partial charge on any atom is -0.450 e. The summed E-state index contributed by atoms with van der Waals surface area (Å²) in [5, 5.41) is 3.91. The average molecular weight is 391 g/mol. The standard InChI is InChI=1S/C23H25N3O3/c1-14-7-9-19-16(3)22(29-21(19)15(14)2)23(28)26(12-17-6-4-5-11-24-17)13-18-8-10-20(27)25-18/h4-7,9,11,18H,8,10,12-13H2,1-3H3,(H,25,27)/t18-/m0/s1. The van der Waals surface area contributed by atoms with E-state index >= 15 is 0 Å². The van der Waals surface area contributed by atoms with E-state index in [1.807, 2.05) is 51.1 Å². The molecule has 3 aromatic rings. The summed E-state index contributed by atoms with van der Waals surface area (Å²) >= 11 is 0. The van der Waals surface area contributed by atoms with Crippen LogP contribution < -0.4 is 5.32 Å². The van der Waals surface area contributed by atoms with Crippen LogP contribution in [0, 0.1) is 20.8 Å². The lowest BCUT2D eigenvalue weighted by Crippen LogP contribution is -2.41. The summed E-state index contributed by atoms with van der Waals surface area (Å²) in [5.74, 6) is 0.211. The highest BCUT2D eigenvalue weighted by molar-refractivity contribution is 5.99. The fraction of sp³-hybridized carbons (Fsp3) is 0.348. The molecule has 0 aliphatic carbocycles. The molecule has 0 spiro atoms. The Balaban J connectivity index is 1.68. The zero-order chi connectivity index (χ0) is 20.5. The summed E-state index contributed by atoms with van der Waals surface area (Å²) in [6, 6.07) is 9.65. The van der Waals surface area contributed by atoms with Crippen molar-refractivity contribution in [3.05, 3.63) is 64.7 Å². The molecule has 1 atom stereocenters. The smallest absolute Gasteiger partial charge is 0.290 e. The van der Waals surface area contributed by atoms with Gasteiger partial charge in [-0.05, 0) is 50.5 Å². The van der Waals surface area contributed by atoms with Gasteiger partial charge in [-0.1, -0.05) is 18.2 Å². The molecule has 0 saturated carbocycles. The third kappa shape index (κ3) is 3.75. The summed E-state index contributed by atoms with van der Waals surface area (Å²) in [7, 11) is 0. The zero-order valence-electron chi connectivity index (χ0n) is 17.0. The maximum atomic E-state index is 13.5. The van der Waals surface area contributed by atoms with E-state index in [0.717, 1.165) is 39.8 Å². The molecule has 6 nitrogen and oxygen atoms in total. The Kier molecular flexibility index (Phi) is 5.09. The molecule has 150 valence electrons. The number of hydrogen-bond acceptors (Lipinski definition) is 4. The van der Waals surface area contributed by atoms with Crippen LogP contribution in [0.4, 0.5) is 0 Å². The molecule has 4 rings (SSSR count). The van der Waals surface area contributed by atoms with Crippen molar-refractivity contribution in [1.82, 2.24) is 15.2 Å². The number of carbonyl (C=O) groups excluding carboxylic acids is 2. The summed E-state index contributed by atoms with van der Waals surface area (Å²) in [6.07, 6.45) is 2.94. The van der Waals surface area contributed by atoms with E-state index in [9.17, 15) is 9.59 Å². The summed E-state index contributed by atoms with van der Waals surface area (Å²) < 4.78 is 6.08. The van der Waals surface area contributed by atoms with Gasteiger partial charge in [-0.25, -0.2) is 0 Å². The lowest BCUT2D eigenvalue weighted by Gasteiger charge is -2.25. The van der Waals surface area contributed by atoms with Gasteiger partial charge in [0.25, 0.3) is 5.91 Å². The van der Waals surface area contributed by atoms with E-state index in [1.54, 1.807) is 11.1 Å². The van der Waals surface area contributed by atoms with Crippen LogP contribution in [-0.4, -0.2) is 34.3 Å². The minimum atomic E-state index is -0.178. The number of rotatable bonds is 5. The van der Waals surface area contributed by atoms with E-state index < -0.39 is 0 Å². The molecule has 0 bridgehead atoms. The van der Waals surface area contributed by atoms with Crippen LogP contribution >= 0.6 is 0 Å². The third-order valence-electron chi connectivity index (χ3n) is 5.71. The van der Waals surface area contributed by atoms with Crippen LogP contribution in [0.2, 0.25) is 0 Å². The first-order chi connectivity index (χ1) is 13.9. The quantitative estimate of drug-likeness (QED) is 0.720. The highest BCUT2D eigenvalue weighted by Crippen LogP contribution is 2.30. The summed E-state index contributed by atoms with van der Waals surface area (Å²) in [4.78, 5) is 31.2. The normalized spacial score (nSPS) is 16.2. The van der Waals surface area contributed by atoms with Crippen molar-refractivity contribution in [3.63, 3.8) is 0 Å². The number of aromatic nitrogens is 1. The van der Waals surface area contributed by atoms with Gasteiger partial charge >= 0.3 is 0 Å². The van der Waals surface area contributed by atoms with Crippen molar-refractivity contribution >= 4 is 22.8 Å². The Hall–Kier alpha value is -3.15. The molecule has 29 heavy (non-hydrogen) atoms. The number of fused-ring (bicyclic) bond motifs is 1. The second kappa shape index (κ2) is 7.70. The van der Waals surface area contributed by atoms with Crippen LogP contribution in [0.1, 0.15) is 45.8 Å². The fourth-order valence-corrected chi connectivity index (χ4v) is 3.85. The number of nitrogens with zero attached hydrogens (tertiary/aromatic N) is 2. The Morgan fingerprint density at radius 2 is 2.03 bits per heavy atom. The molecule has 2 aromatic heterocycles. The lowest BCUT2D eigenvalue weighted by molar-refractivity contribution is -0.119. The van der Waals surface area contributed by atoms with E-state index in [-0.39, 0.29) is 17.9 Å². The first-order valence-corrected chi connectivity index (χ1v) is 9.92. The van der Waals surface area contributed by atoms with Crippen LogP contribution in [0.15, 0.2) is 40.9 Å². The SMILES string of the molecule is Cc1ccc2c(C)c(C(=O)N(Cc3ccccn3)C[C@@H]3CCC(=O)N3)oc2c1C.